The number of carbonyl (C=O) groups excluding carboxylic acids is 1. The average molecular weight is 333 g/mol. The van der Waals surface area contributed by atoms with Gasteiger partial charge in [-0.2, -0.15) is 8.42 Å². The monoisotopic (exact) mass is 331 g/mol. The Hall–Kier alpha value is -0.530. The first-order valence-corrected chi connectivity index (χ1v) is 7.07. The van der Waals surface area contributed by atoms with Gasteiger partial charge in [-0.25, -0.2) is 8.91 Å². The molecule has 0 heterocycles. The molecule has 0 bridgehead atoms. The van der Waals surface area contributed by atoms with Crippen LogP contribution in [0.3, 0.4) is 0 Å². The highest BCUT2D eigenvalue weighted by atomic mass is 35.6. The fraction of sp³-hybridized carbons (Fsp3) is 0.222. The molecule has 1 N–H and O–H groups in total. The molecule has 0 aliphatic heterocycles. The van der Waals surface area contributed by atoms with E-state index in [-0.39, 0.29) is 5.56 Å². The summed E-state index contributed by atoms with van der Waals surface area (Å²) in [7, 11) is -4.32. The van der Waals surface area contributed by atoms with E-state index in [0.717, 1.165) is 0 Å². The second-order valence-electron chi connectivity index (χ2n) is 3.13. The number of hydrogen-bond donors (Lipinski definition) is 1. The highest BCUT2D eigenvalue weighted by Crippen LogP contribution is 2.26. The van der Waals surface area contributed by atoms with Gasteiger partial charge < -0.3 is 0 Å². The maximum Gasteiger partial charge on any atom is 0.362 e. The lowest BCUT2D eigenvalue weighted by Gasteiger charge is -2.11. The Kier molecular flexibility index (Phi) is 5.24. The van der Waals surface area contributed by atoms with E-state index in [1.807, 2.05) is 0 Å². The molecule has 0 saturated heterocycles. The smallest absolute Gasteiger partial charge is 0.268 e. The predicted octanol–water partition coefficient (Wildman–Crippen LogP) is 2.05. The molecule has 0 fully saturated rings. The second kappa shape index (κ2) is 6.08. The molecule has 1 aromatic carbocycles. The lowest BCUT2D eigenvalue weighted by molar-refractivity contribution is 0.0976. The fourth-order valence-electron chi connectivity index (χ4n) is 0.936. The predicted molar refractivity (Wildman–Crippen MR) is 69.1 cm³/mol. The molecule has 100 valence electrons. The molecule has 0 unspecified atom stereocenters. The maximum atomic E-state index is 11.5. The fourth-order valence-corrected chi connectivity index (χ4v) is 2.03. The summed E-state index contributed by atoms with van der Waals surface area (Å²) in [6, 6.07) is 7.75. The first kappa shape index (κ1) is 15.5. The van der Waals surface area contributed by atoms with Crippen molar-refractivity contribution in [1.29, 1.82) is 0 Å². The Balaban J connectivity index is 2.64. The third-order valence-electron chi connectivity index (χ3n) is 1.63. The molecular formula is C9H8Cl3NO4S. The summed E-state index contributed by atoms with van der Waals surface area (Å²) >= 11 is 16.0. The van der Waals surface area contributed by atoms with Crippen molar-refractivity contribution in [2.45, 2.75) is 3.79 Å². The Morgan fingerprint density at radius 1 is 1.22 bits per heavy atom. The van der Waals surface area contributed by atoms with Gasteiger partial charge in [0.05, 0.1) is 0 Å². The van der Waals surface area contributed by atoms with Gasteiger partial charge in [0.25, 0.3) is 5.91 Å². The number of rotatable bonds is 4. The molecule has 0 aliphatic rings. The Morgan fingerprint density at radius 2 is 1.78 bits per heavy atom. The molecule has 1 amide bonds. The average Bonchev–Trinajstić information content (AvgIpc) is 2.26. The van der Waals surface area contributed by atoms with Crippen molar-refractivity contribution in [3.05, 3.63) is 35.9 Å². The molecule has 1 aromatic rings. The summed E-state index contributed by atoms with van der Waals surface area (Å²) in [6.45, 7) is -0.699. The number of carbonyl (C=O) groups is 1. The van der Waals surface area contributed by atoms with Crippen LogP contribution in [0.1, 0.15) is 10.4 Å². The van der Waals surface area contributed by atoms with Crippen LogP contribution in [0, 0.1) is 0 Å². The lowest BCUT2D eigenvalue weighted by Crippen LogP contribution is -2.34. The van der Waals surface area contributed by atoms with Gasteiger partial charge in [-0.05, 0) is 12.1 Å². The number of hydrogen-bond acceptors (Lipinski definition) is 4. The summed E-state index contributed by atoms with van der Waals surface area (Å²) in [5.74, 6) is -0.833. The van der Waals surface area contributed by atoms with Crippen LogP contribution in [0.15, 0.2) is 30.3 Å². The first-order valence-electron chi connectivity index (χ1n) is 4.53. The minimum Gasteiger partial charge on any atom is -0.268 e. The zero-order valence-electron chi connectivity index (χ0n) is 8.77. The minimum absolute atomic E-state index is 0.165. The molecule has 9 heteroatoms. The van der Waals surface area contributed by atoms with Gasteiger partial charge in [0.2, 0.25) is 3.79 Å². The van der Waals surface area contributed by atoms with Crippen LogP contribution in [0.25, 0.3) is 0 Å². The Bertz CT molecular complexity index is 512. The normalized spacial score (nSPS) is 12.2. The molecule has 0 aliphatic carbocycles. The minimum atomic E-state index is -4.32. The van der Waals surface area contributed by atoms with Crippen LogP contribution < -0.4 is 4.72 Å². The van der Waals surface area contributed by atoms with Crippen molar-refractivity contribution in [3.8, 4) is 0 Å². The van der Waals surface area contributed by atoms with Crippen LogP contribution in [-0.2, 0) is 14.5 Å². The summed E-state index contributed by atoms with van der Waals surface area (Å²) < 4.78 is 26.8. The topological polar surface area (TPSA) is 72.5 Å². The standard InChI is InChI=1S/C9H8Cl3NO4S/c10-9(11,12)6-17-18(15,16)13-8(14)7-4-2-1-3-5-7/h1-5H,6H2,(H,13,14). The highest BCUT2D eigenvalue weighted by molar-refractivity contribution is 7.85. The van der Waals surface area contributed by atoms with Crippen molar-refractivity contribution in [3.63, 3.8) is 0 Å². The van der Waals surface area contributed by atoms with E-state index in [1.165, 1.54) is 12.1 Å². The number of benzene rings is 1. The van der Waals surface area contributed by atoms with Gasteiger partial charge in [-0.3, -0.25) is 4.79 Å². The van der Waals surface area contributed by atoms with Gasteiger partial charge in [0.1, 0.15) is 6.61 Å². The number of amides is 1. The van der Waals surface area contributed by atoms with Crippen molar-refractivity contribution >= 4 is 51.0 Å². The molecule has 0 radical (unpaired) electrons. The SMILES string of the molecule is O=C(NS(=O)(=O)OCC(Cl)(Cl)Cl)c1ccccc1. The van der Waals surface area contributed by atoms with Crippen LogP contribution in [0.2, 0.25) is 0 Å². The van der Waals surface area contributed by atoms with Crippen LogP contribution in [-0.4, -0.2) is 24.7 Å². The second-order valence-corrected chi connectivity index (χ2v) is 6.99. The van der Waals surface area contributed by atoms with Crippen molar-refractivity contribution < 1.29 is 17.4 Å². The van der Waals surface area contributed by atoms with E-state index in [1.54, 1.807) is 22.9 Å². The highest BCUT2D eigenvalue weighted by Gasteiger charge is 2.25. The summed E-state index contributed by atoms with van der Waals surface area (Å²) in [5.41, 5.74) is 0.165. The van der Waals surface area contributed by atoms with Gasteiger partial charge in [0.15, 0.2) is 0 Å². The Labute approximate surface area is 119 Å². The quantitative estimate of drug-likeness (QED) is 0.857. The zero-order valence-corrected chi connectivity index (χ0v) is 11.9. The number of nitrogens with one attached hydrogen (secondary N) is 1. The van der Waals surface area contributed by atoms with Crippen LogP contribution >= 0.6 is 34.8 Å². The molecule has 0 atom stereocenters. The van der Waals surface area contributed by atoms with E-state index in [9.17, 15) is 13.2 Å². The summed E-state index contributed by atoms with van der Waals surface area (Å²) in [6.07, 6.45) is 0. The molecule has 0 saturated carbocycles. The van der Waals surface area contributed by atoms with Gasteiger partial charge in [-0.15, -0.1) is 0 Å². The molecule has 0 spiro atoms. The van der Waals surface area contributed by atoms with Crippen LogP contribution in [0.4, 0.5) is 0 Å². The molecule has 5 nitrogen and oxygen atoms in total. The molecule has 0 aromatic heterocycles. The van der Waals surface area contributed by atoms with E-state index in [0.29, 0.717) is 0 Å². The number of alkyl halides is 3. The van der Waals surface area contributed by atoms with Crippen molar-refractivity contribution in [2.75, 3.05) is 6.61 Å². The summed E-state index contributed by atoms with van der Waals surface area (Å²) in [4.78, 5) is 11.5. The molecular weight excluding hydrogens is 325 g/mol. The zero-order chi connectivity index (χ0) is 13.8. The molecule has 18 heavy (non-hydrogen) atoms. The third-order valence-corrected chi connectivity index (χ3v) is 2.82. The summed E-state index contributed by atoms with van der Waals surface area (Å²) in [5, 5.41) is 0. The van der Waals surface area contributed by atoms with Gasteiger partial charge in [0, 0.05) is 5.56 Å². The van der Waals surface area contributed by atoms with E-state index in [4.69, 9.17) is 34.8 Å². The Morgan fingerprint density at radius 3 is 2.28 bits per heavy atom. The van der Waals surface area contributed by atoms with Gasteiger partial charge >= 0.3 is 10.3 Å². The number of halogens is 3. The van der Waals surface area contributed by atoms with Crippen molar-refractivity contribution in [2.24, 2.45) is 0 Å². The van der Waals surface area contributed by atoms with Crippen molar-refractivity contribution in [1.82, 2.24) is 4.72 Å². The maximum absolute atomic E-state index is 11.5. The molecule has 1 rings (SSSR count). The van der Waals surface area contributed by atoms with Crippen LogP contribution in [0.5, 0.6) is 0 Å². The van der Waals surface area contributed by atoms with Gasteiger partial charge in [-0.1, -0.05) is 53.0 Å². The first-order chi connectivity index (χ1) is 8.20. The van der Waals surface area contributed by atoms with E-state index in [2.05, 4.69) is 4.18 Å². The van der Waals surface area contributed by atoms with E-state index < -0.39 is 26.6 Å². The largest absolute Gasteiger partial charge is 0.362 e. The van der Waals surface area contributed by atoms with E-state index >= 15 is 0 Å². The lowest BCUT2D eigenvalue weighted by atomic mass is 10.2. The third kappa shape index (κ3) is 5.88.